The molecule has 2 rings (SSSR count). The van der Waals surface area contributed by atoms with Crippen LogP contribution in [0.3, 0.4) is 0 Å². The first-order chi connectivity index (χ1) is 7.77. The maximum absolute atomic E-state index is 3.56. The number of rotatable bonds is 4. The summed E-state index contributed by atoms with van der Waals surface area (Å²) in [6.45, 7) is 4.26. The summed E-state index contributed by atoms with van der Waals surface area (Å²) in [5, 5.41) is 3.49. The Morgan fingerprint density at radius 3 is 2.69 bits per heavy atom. The summed E-state index contributed by atoms with van der Waals surface area (Å²) in [5.74, 6) is 0. The van der Waals surface area contributed by atoms with Crippen LogP contribution < -0.4 is 5.32 Å². The highest BCUT2D eigenvalue weighted by Gasteiger charge is 2.32. The maximum Gasteiger partial charge on any atom is 0.0178 e. The van der Waals surface area contributed by atoms with E-state index in [1.807, 2.05) is 0 Å². The fourth-order valence-corrected chi connectivity index (χ4v) is 2.77. The Kier molecular flexibility index (Phi) is 3.82. The molecule has 2 heteroatoms. The van der Waals surface area contributed by atoms with Gasteiger partial charge in [0, 0.05) is 16.4 Å². The topological polar surface area (TPSA) is 12.0 Å². The van der Waals surface area contributed by atoms with Crippen molar-refractivity contribution in [3.8, 4) is 0 Å². The molecule has 1 N–H and O–H groups in total. The molecule has 1 aromatic rings. The quantitative estimate of drug-likeness (QED) is 0.830. The van der Waals surface area contributed by atoms with Crippen molar-refractivity contribution < 1.29 is 0 Å². The number of benzene rings is 1. The molecule has 0 bridgehead atoms. The molecule has 0 radical (unpaired) electrons. The normalized spacial score (nSPS) is 17.9. The van der Waals surface area contributed by atoms with Crippen LogP contribution >= 0.6 is 15.9 Å². The summed E-state index contributed by atoms with van der Waals surface area (Å²) < 4.78 is 1.17. The lowest BCUT2D eigenvalue weighted by molar-refractivity contribution is 0.424. The van der Waals surface area contributed by atoms with Gasteiger partial charge in [0.15, 0.2) is 0 Å². The number of allylic oxidation sites excluding steroid dienone is 2. The van der Waals surface area contributed by atoms with Crippen molar-refractivity contribution in [1.82, 2.24) is 5.32 Å². The number of likely N-dealkylation sites (N-methyl/N-ethyl adjacent to an activating group) is 1. The van der Waals surface area contributed by atoms with Gasteiger partial charge in [-0.25, -0.2) is 0 Å². The van der Waals surface area contributed by atoms with E-state index in [-0.39, 0.29) is 5.41 Å². The second kappa shape index (κ2) is 5.15. The molecule has 0 unspecified atom stereocenters. The van der Waals surface area contributed by atoms with Crippen molar-refractivity contribution in [3.05, 3.63) is 46.5 Å². The molecule has 0 aliphatic heterocycles. The van der Waals surface area contributed by atoms with Crippen LogP contribution in [0.25, 0.3) is 0 Å². The minimum absolute atomic E-state index is 0.278. The lowest BCUT2D eigenvalue weighted by Gasteiger charge is -2.30. The highest BCUT2D eigenvalue weighted by atomic mass is 79.9. The predicted octanol–water partition coefficient (Wildman–Crippen LogP) is 3.65. The van der Waals surface area contributed by atoms with Gasteiger partial charge in [-0.05, 0) is 37.1 Å². The zero-order valence-electron chi connectivity index (χ0n) is 9.67. The van der Waals surface area contributed by atoms with Crippen LogP contribution in [0.1, 0.15) is 25.3 Å². The summed E-state index contributed by atoms with van der Waals surface area (Å²) >= 11 is 3.56. The average Bonchev–Trinajstić information content (AvgIpc) is 2.76. The van der Waals surface area contributed by atoms with Gasteiger partial charge in [-0.2, -0.15) is 0 Å². The first-order valence-corrected chi connectivity index (χ1v) is 6.68. The van der Waals surface area contributed by atoms with Gasteiger partial charge in [0.25, 0.3) is 0 Å². The van der Waals surface area contributed by atoms with Crippen LogP contribution in [0.5, 0.6) is 0 Å². The molecule has 16 heavy (non-hydrogen) atoms. The van der Waals surface area contributed by atoms with Gasteiger partial charge in [-0.1, -0.05) is 47.1 Å². The zero-order valence-corrected chi connectivity index (χ0v) is 11.3. The van der Waals surface area contributed by atoms with E-state index in [1.165, 1.54) is 10.0 Å². The highest BCUT2D eigenvalue weighted by Crippen LogP contribution is 2.37. The number of halogens is 1. The van der Waals surface area contributed by atoms with Crippen LogP contribution in [-0.4, -0.2) is 13.1 Å². The first-order valence-electron chi connectivity index (χ1n) is 5.89. The largest absolute Gasteiger partial charge is 0.316 e. The molecule has 0 fully saturated rings. The Balaban J connectivity index is 2.25. The van der Waals surface area contributed by atoms with E-state index in [9.17, 15) is 0 Å². The molecular formula is C14H18BrN. The lowest BCUT2D eigenvalue weighted by atomic mass is 9.78. The summed E-state index contributed by atoms with van der Waals surface area (Å²) in [7, 11) is 0. The summed E-state index contributed by atoms with van der Waals surface area (Å²) in [5.41, 5.74) is 1.72. The van der Waals surface area contributed by atoms with Gasteiger partial charge in [0.2, 0.25) is 0 Å². The van der Waals surface area contributed by atoms with E-state index in [4.69, 9.17) is 0 Å². The average molecular weight is 280 g/mol. The van der Waals surface area contributed by atoms with Crippen molar-refractivity contribution in [1.29, 1.82) is 0 Å². The van der Waals surface area contributed by atoms with Crippen molar-refractivity contribution in [2.75, 3.05) is 13.1 Å². The molecule has 1 aliphatic rings. The van der Waals surface area contributed by atoms with Crippen molar-refractivity contribution in [2.24, 2.45) is 0 Å². The Labute approximate surface area is 106 Å². The molecular weight excluding hydrogens is 262 g/mol. The van der Waals surface area contributed by atoms with Crippen LogP contribution in [0, 0.1) is 0 Å². The molecule has 0 spiro atoms. The summed E-state index contributed by atoms with van der Waals surface area (Å²) in [6.07, 6.45) is 6.91. The van der Waals surface area contributed by atoms with E-state index in [2.05, 4.69) is 64.6 Å². The predicted molar refractivity (Wildman–Crippen MR) is 72.7 cm³/mol. The SMILES string of the molecule is CCNCC1(c2cccc(Br)c2)CC=CC1. The van der Waals surface area contributed by atoms with E-state index >= 15 is 0 Å². The van der Waals surface area contributed by atoms with Crippen LogP contribution in [-0.2, 0) is 5.41 Å². The smallest absolute Gasteiger partial charge is 0.0178 e. The van der Waals surface area contributed by atoms with Gasteiger partial charge in [-0.3, -0.25) is 0 Å². The molecule has 1 aromatic carbocycles. The number of hydrogen-bond donors (Lipinski definition) is 1. The second-order valence-electron chi connectivity index (χ2n) is 4.45. The Bertz CT molecular complexity index is 376. The van der Waals surface area contributed by atoms with Gasteiger partial charge in [-0.15, -0.1) is 0 Å². The Morgan fingerprint density at radius 2 is 2.06 bits per heavy atom. The molecule has 0 heterocycles. The molecule has 0 amide bonds. The van der Waals surface area contributed by atoms with Gasteiger partial charge < -0.3 is 5.32 Å². The molecule has 0 saturated carbocycles. The van der Waals surface area contributed by atoms with Crippen molar-refractivity contribution >= 4 is 15.9 Å². The van der Waals surface area contributed by atoms with E-state index < -0.39 is 0 Å². The lowest BCUT2D eigenvalue weighted by Crippen LogP contribution is -2.36. The zero-order chi connectivity index (χ0) is 11.4. The molecule has 1 nitrogen and oxygen atoms in total. The fraction of sp³-hybridized carbons (Fsp3) is 0.429. The van der Waals surface area contributed by atoms with Crippen molar-refractivity contribution in [3.63, 3.8) is 0 Å². The Morgan fingerprint density at radius 1 is 1.31 bits per heavy atom. The minimum Gasteiger partial charge on any atom is -0.316 e. The second-order valence-corrected chi connectivity index (χ2v) is 5.37. The van der Waals surface area contributed by atoms with Gasteiger partial charge >= 0.3 is 0 Å². The van der Waals surface area contributed by atoms with E-state index in [0.29, 0.717) is 0 Å². The van der Waals surface area contributed by atoms with E-state index in [1.54, 1.807) is 0 Å². The Hall–Kier alpha value is -0.600. The fourth-order valence-electron chi connectivity index (χ4n) is 2.37. The van der Waals surface area contributed by atoms with Gasteiger partial charge in [0.05, 0.1) is 0 Å². The van der Waals surface area contributed by atoms with Crippen molar-refractivity contribution in [2.45, 2.75) is 25.2 Å². The maximum atomic E-state index is 3.56. The van der Waals surface area contributed by atoms with E-state index in [0.717, 1.165) is 25.9 Å². The number of nitrogens with one attached hydrogen (secondary N) is 1. The minimum atomic E-state index is 0.278. The van der Waals surface area contributed by atoms with Crippen LogP contribution in [0.15, 0.2) is 40.9 Å². The van der Waals surface area contributed by atoms with Gasteiger partial charge in [0.1, 0.15) is 0 Å². The third-order valence-corrected chi connectivity index (χ3v) is 3.83. The molecule has 1 aliphatic carbocycles. The molecule has 0 aromatic heterocycles. The third-order valence-electron chi connectivity index (χ3n) is 3.33. The highest BCUT2D eigenvalue weighted by molar-refractivity contribution is 9.10. The molecule has 0 saturated heterocycles. The monoisotopic (exact) mass is 279 g/mol. The standard InChI is InChI=1S/C14H18BrN/c1-2-16-11-14(8-3-4-9-14)12-6-5-7-13(15)10-12/h3-7,10,16H,2,8-9,11H2,1H3. The molecule has 86 valence electrons. The first kappa shape index (κ1) is 11.9. The third kappa shape index (κ3) is 2.38. The molecule has 0 atom stereocenters. The summed E-state index contributed by atoms with van der Waals surface area (Å²) in [6, 6.07) is 8.72. The van der Waals surface area contributed by atoms with Crippen LogP contribution in [0.4, 0.5) is 0 Å². The summed E-state index contributed by atoms with van der Waals surface area (Å²) in [4.78, 5) is 0. The van der Waals surface area contributed by atoms with Crippen LogP contribution in [0.2, 0.25) is 0 Å². The number of hydrogen-bond acceptors (Lipinski definition) is 1.